The number of alkyl halides is 3. The highest BCUT2D eigenvalue weighted by molar-refractivity contribution is 7.15. The zero-order chi connectivity index (χ0) is 22.3. The summed E-state index contributed by atoms with van der Waals surface area (Å²) in [6.07, 6.45) is -2.36. The third kappa shape index (κ3) is 3.92. The van der Waals surface area contributed by atoms with Gasteiger partial charge in [0.2, 0.25) is 0 Å². The molecule has 0 radical (unpaired) electrons. The molecule has 7 nitrogen and oxygen atoms in total. The quantitative estimate of drug-likeness (QED) is 0.413. The molecule has 31 heavy (non-hydrogen) atoms. The van der Waals surface area contributed by atoms with Crippen molar-refractivity contribution in [1.82, 2.24) is 15.2 Å². The Morgan fingerprint density at radius 3 is 2.52 bits per heavy atom. The van der Waals surface area contributed by atoms with Gasteiger partial charge in [0.25, 0.3) is 0 Å². The summed E-state index contributed by atoms with van der Waals surface area (Å²) in [7, 11) is -0.539. The monoisotopic (exact) mass is 446 g/mol. The zero-order valence-electron chi connectivity index (χ0n) is 15.9. The van der Waals surface area contributed by atoms with Crippen molar-refractivity contribution in [3.63, 3.8) is 0 Å². The first-order valence-corrected chi connectivity index (χ1v) is 9.63. The van der Waals surface area contributed by atoms with E-state index >= 15 is 0 Å². The Labute approximate surface area is 178 Å². The molecular formula is C19H14BF3N4O3S. The van der Waals surface area contributed by atoms with E-state index in [4.69, 9.17) is 10.5 Å². The molecule has 0 bridgehead atoms. The third-order valence-electron chi connectivity index (χ3n) is 4.65. The van der Waals surface area contributed by atoms with E-state index in [1.807, 2.05) is 0 Å². The molecule has 4 rings (SSSR count). The summed E-state index contributed by atoms with van der Waals surface area (Å²) in [5.41, 5.74) is 8.15. The molecule has 0 fully saturated rings. The Morgan fingerprint density at radius 1 is 1.10 bits per heavy atom. The average Bonchev–Trinajstić information content (AvgIpc) is 3.23. The van der Waals surface area contributed by atoms with Gasteiger partial charge in [-0.05, 0) is 29.3 Å². The third-order valence-corrected chi connectivity index (χ3v) is 5.72. The second-order valence-corrected chi connectivity index (χ2v) is 7.60. The van der Waals surface area contributed by atoms with Gasteiger partial charge in [-0.1, -0.05) is 12.1 Å². The van der Waals surface area contributed by atoms with Crippen LogP contribution in [0.3, 0.4) is 0 Å². The topological polar surface area (TPSA) is 114 Å². The van der Waals surface area contributed by atoms with Crippen molar-refractivity contribution < 1.29 is 28.0 Å². The summed E-state index contributed by atoms with van der Waals surface area (Å²) in [5, 5.41) is 28.1. The number of methoxy groups -OCH3 is 1. The molecular weight excluding hydrogens is 432 g/mol. The molecule has 0 amide bonds. The van der Waals surface area contributed by atoms with E-state index in [1.54, 1.807) is 18.2 Å². The number of ether oxygens (including phenoxy) is 1. The summed E-state index contributed by atoms with van der Waals surface area (Å²) in [5.74, 6) is 0.0994. The number of halogens is 3. The molecule has 158 valence electrons. The number of hydrogen-bond acceptors (Lipinski definition) is 8. The van der Waals surface area contributed by atoms with Gasteiger partial charge >= 0.3 is 13.3 Å². The summed E-state index contributed by atoms with van der Waals surface area (Å²) >= 11 is 0.477. The van der Waals surface area contributed by atoms with Gasteiger partial charge in [-0.25, -0.2) is 4.98 Å². The van der Waals surface area contributed by atoms with Crippen molar-refractivity contribution in [3.05, 3.63) is 47.6 Å². The van der Waals surface area contributed by atoms with Crippen LogP contribution in [0.15, 0.2) is 42.7 Å². The number of fused-ring (bicyclic) bond motifs is 1. The van der Waals surface area contributed by atoms with E-state index in [9.17, 15) is 23.2 Å². The van der Waals surface area contributed by atoms with Gasteiger partial charge in [0.1, 0.15) is 15.6 Å². The molecule has 0 unspecified atom stereocenters. The number of anilines is 1. The normalized spacial score (nSPS) is 11.7. The Kier molecular flexibility index (Phi) is 5.29. The number of nitrogens with zero attached hydrogens (tertiary/aromatic N) is 3. The lowest BCUT2D eigenvalue weighted by Gasteiger charge is -2.15. The molecule has 0 aliphatic carbocycles. The van der Waals surface area contributed by atoms with E-state index in [0.717, 1.165) is 6.20 Å². The highest BCUT2D eigenvalue weighted by Crippen LogP contribution is 2.41. The van der Waals surface area contributed by atoms with Gasteiger partial charge in [0.05, 0.1) is 30.7 Å². The van der Waals surface area contributed by atoms with Crippen molar-refractivity contribution in [1.29, 1.82) is 0 Å². The van der Waals surface area contributed by atoms with Crippen molar-refractivity contribution in [3.8, 4) is 27.4 Å². The van der Waals surface area contributed by atoms with E-state index in [-0.39, 0.29) is 16.2 Å². The van der Waals surface area contributed by atoms with E-state index < -0.39 is 18.2 Å². The molecule has 4 aromatic rings. The molecule has 0 saturated heterocycles. The van der Waals surface area contributed by atoms with Crippen molar-refractivity contribution in [2.45, 2.75) is 6.18 Å². The number of nitrogen functional groups attached to an aromatic ring is 1. The Balaban J connectivity index is 1.97. The van der Waals surface area contributed by atoms with Crippen LogP contribution >= 0.6 is 11.3 Å². The lowest BCUT2D eigenvalue weighted by atomic mass is 9.77. The first-order valence-electron chi connectivity index (χ1n) is 8.82. The number of nitrogens with two attached hydrogens (primary N) is 1. The van der Waals surface area contributed by atoms with Crippen LogP contribution in [0.2, 0.25) is 0 Å². The highest BCUT2D eigenvalue weighted by Gasteiger charge is 2.34. The summed E-state index contributed by atoms with van der Waals surface area (Å²) < 4.78 is 44.6. The molecule has 0 saturated carbocycles. The number of benzene rings is 2. The zero-order valence-corrected chi connectivity index (χ0v) is 16.7. The largest absolute Gasteiger partial charge is 0.497 e. The Bertz CT molecular complexity index is 1280. The Morgan fingerprint density at radius 2 is 1.87 bits per heavy atom. The second kappa shape index (κ2) is 7.80. The fraction of sp³-hybridized carbons (Fsp3) is 0.105. The van der Waals surface area contributed by atoms with Crippen molar-refractivity contribution in [2.75, 3.05) is 12.8 Å². The first kappa shape index (κ1) is 21.0. The van der Waals surface area contributed by atoms with Crippen LogP contribution in [-0.4, -0.2) is 39.5 Å². The molecule has 0 atom stereocenters. The van der Waals surface area contributed by atoms with Gasteiger partial charge in [0, 0.05) is 16.4 Å². The van der Waals surface area contributed by atoms with Crippen LogP contribution in [0.1, 0.15) is 4.88 Å². The van der Waals surface area contributed by atoms with Crippen LogP contribution in [-0.2, 0) is 6.18 Å². The van der Waals surface area contributed by atoms with Gasteiger partial charge < -0.3 is 20.5 Å². The number of aromatic nitrogens is 3. The lowest BCUT2D eigenvalue weighted by molar-refractivity contribution is -0.134. The fourth-order valence-electron chi connectivity index (χ4n) is 3.17. The van der Waals surface area contributed by atoms with E-state index in [0.29, 0.717) is 44.6 Å². The second-order valence-electron chi connectivity index (χ2n) is 6.57. The first-order chi connectivity index (χ1) is 14.7. The van der Waals surface area contributed by atoms with Crippen LogP contribution in [0.5, 0.6) is 5.75 Å². The number of thiazole rings is 1. The maximum absolute atomic E-state index is 13.1. The van der Waals surface area contributed by atoms with E-state index in [2.05, 4.69) is 15.2 Å². The molecule has 2 aromatic heterocycles. The molecule has 0 spiro atoms. The summed E-state index contributed by atoms with van der Waals surface area (Å²) in [6.45, 7) is 0. The highest BCUT2D eigenvalue weighted by atomic mass is 32.1. The summed E-state index contributed by atoms with van der Waals surface area (Å²) in [6, 6.07) is 7.95. The SMILES string of the molecule is COc1cc(-c2ncc(C(F)(F)F)s2)c(-c2ccc3c(N)cnnc3c2)cc1B(O)O. The van der Waals surface area contributed by atoms with Crippen LogP contribution in [0.4, 0.5) is 18.9 Å². The molecule has 2 heterocycles. The fourth-order valence-corrected chi connectivity index (χ4v) is 3.98. The molecule has 2 aromatic carbocycles. The van der Waals surface area contributed by atoms with Gasteiger partial charge in [-0.15, -0.1) is 11.3 Å². The summed E-state index contributed by atoms with van der Waals surface area (Å²) in [4.78, 5) is 3.08. The molecule has 0 aliphatic rings. The number of hydrogen-bond donors (Lipinski definition) is 3. The predicted molar refractivity (Wildman–Crippen MR) is 112 cm³/mol. The average molecular weight is 446 g/mol. The maximum Gasteiger partial charge on any atom is 0.492 e. The van der Waals surface area contributed by atoms with Gasteiger partial charge in [-0.3, -0.25) is 0 Å². The predicted octanol–water partition coefficient (Wildman–Crippen LogP) is 2.71. The smallest absolute Gasteiger partial charge is 0.492 e. The minimum Gasteiger partial charge on any atom is -0.497 e. The van der Waals surface area contributed by atoms with Crippen LogP contribution < -0.4 is 15.9 Å². The van der Waals surface area contributed by atoms with E-state index in [1.165, 1.54) is 25.4 Å². The Hall–Kier alpha value is -3.22. The van der Waals surface area contributed by atoms with Crippen LogP contribution in [0.25, 0.3) is 32.6 Å². The molecule has 12 heteroatoms. The molecule has 0 aliphatic heterocycles. The minimum atomic E-state index is -4.53. The standard InChI is InChI=1S/C19H14BF3N4O3S/c1-30-16-6-12(18-25-8-17(31-18)19(21,22)23)11(5-13(16)20(28)29)9-2-3-10-14(24)7-26-27-15(10)4-9/h2-8,28-29H,1H3,(H2,24,27). The molecule has 4 N–H and O–H groups in total. The van der Waals surface area contributed by atoms with Crippen LogP contribution in [0, 0.1) is 0 Å². The number of rotatable bonds is 4. The minimum absolute atomic E-state index is 0.0487. The van der Waals surface area contributed by atoms with Crippen molar-refractivity contribution >= 4 is 40.5 Å². The van der Waals surface area contributed by atoms with Crippen molar-refractivity contribution in [2.24, 2.45) is 0 Å². The van der Waals surface area contributed by atoms with Gasteiger partial charge in [0.15, 0.2) is 0 Å². The maximum atomic E-state index is 13.1. The lowest BCUT2D eigenvalue weighted by Crippen LogP contribution is -2.31. The van der Waals surface area contributed by atoms with Gasteiger partial charge in [-0.2, -0.15) is 23.4 Å².